The quantitative estimate of drug-likeness (QED) is 0.375. The third-order valence-corrected chi connectivity index (χ3v) is 4.53. The van der Waals surface area contributed by atoms with E-state index in [1.807, 2.05) is 30.3 Å². The molecule has 1 aliphatic rings. The first-order chi connectivity index (χ1) is 13.7. The maximum atomic E-state index is 12.6. The van der Waals surface area contributed by atoms with Crippen LogP contribution in [0.15, 0.2) is 30.3 Å². The predicted molar refractivity (Wildman–Crippen MR) is 107 cm³/mol. The van der Waals surface area contributed by atoms with E-state index in [4.69, 9.17) is 14.2 Å². The molecule has 7 nitrogen and oxygen atoms in total. The molecule has 0 spiro atoms. The van der Waals surface area contributed by atoms with E-state index in [1.54, 1.807) is 27.7 Å². The number of amides is 1. The van der Waals surface area contributed by atoms with Crippen LogP contribution >= 0.6 is 0 Å². The van der Waals surface area contributed by atoms with E-state index in [0.717, 1.165) is 5.56 Å². The second-order valence-corrected chi connectivity index (χ2v) is 8.05. The van der Waals surface area contributed by atoms with Crippen molar-refractivity contribution in [3.63, 3.8) is 0 Å². The third kappa shape index (κ3) is 6.85. The average Bonchev–Trinajstić information content (AvgIpc) is 2.97. The first-order valence-corrected chi connectivity index (χ1v) is 10.0. The van der Waals surface area contributed by atoms with Gasteiger partial charge in [-0.05, 0) is 46.1 Å². The lowest BCUT2D eigenvalue weighted by Gasteiger charge is -2.29. The Kier molecular flexibility index (Phi) is 8.20. The van der Waals surface area contributed by atoms with E-state index in [1.165, 1.54) is 4.90 Å². The number of benzene rings is 1. The molecule has 1 heterocycles. The molecule has 0 saturated carbocycles. The Morgan fingerprint density at radius 2 is 1.86 bits per heavy atom. The Hall–Kier alpha value is -2.41. The van der Waals surface area contributed by atoms with Gasteiger partial charge in [0.05, 0.1) is 25.8 Å². The van der Waals surface area contributed by atoms with Gasteiger partial charge in [0.15, 0.2) is 5.78 Å². The summed E-state index contributed by atoms with van der Waals surface area (Å²) in [5, 5.41) is 0. The zero-order valence-corrected chi connectivity index (χ0v) is 17.7. The topological polar surface area (TPSA) is 82.1 Å². The molecule has 160 valence electrons. The van der Waals surface area contributed by atoms with Gasteiger partial charge in [-0.1, -0.05) is 30.3 Å². The summed E-state index contributed by atoms with van der Waals surface area (Å²) in [5.74, 6) is -1.88. The van der Waals surface area contributed by atoms with Crippen LogP contribution in [-0.2, 0) is 30.4 Å². The molecule has 7 heteroatoms. The number of hydrogen-bond donors (Lipinski definition) is 0. The lowest BCUT2D eigenvalue weighted by atomic mass is 9.95. The average molecular weight is 405 g/mol. The first kappa shape index (κ1) is 22.9. The van der Waals surface area contributed by atoms with Crippen molar-refractivity contribution in [2.45, 2.75) is 58.8 Å². The van der Waals surface area contributed by atoms with Crippen molar-refractivity contribution in [3.05, 3.63) is 35.9 Å². The Labute approximate surface area is 172 Å². The molecule has 1 fully saturated rings. The zero-order chi connectivity index (χ0) is 21.4. The number of ether oxygens (including phenoxy) is 3. The van der Waals surface area contributed by atoms with Crippen LogP contribution in [0.3, 0.4) is 0 Å². The summed E-state index contributed by atoms with van der Waals surface area (Å²) in [6, 6.07) is 9.22. The molecule has 2 rings (SSSR count). The van der Waals surface area contributed by atoms with Crippen LogP contribution in [-0.4, -0.2) is 54.1 Å². The Bertz CT molecular complexity index is 697. The van der Waals surface area contributed by atoms with Gasteiger partial charge in [-0.15, -0.1) is 0 Å². The molecule has 0 unspecified atom stereocenters. The molecule has 0 bridgehead atoms. The van der Waals surface area contributed by atoms with Crippen molar-refractivity contribution >= 4 is 17.8 Å². The Balaban J connectivity index is 1.98. The van der Waals surface area contributed by atoms with Gasteiger partial charge >= 0.3 is 12.1 Å². The summed E-state index contributed by atoms with van der Waals surface area (Å²) in [7, 11) is 0. The molecule has 0 aliphatic carbocycles. The number of hydrogen-bond acceptors (Lipinski definition) is 6. The minimum Gasteiger partial charge on any atom is -0.465 e. The second kappa shape index (κ2) is 10.4. The van der Waals surface area contributed by atoms with Crippen molar-refractivity contribution in [1.82, 2.24) is 4.90 Å². The Morgan fingerprint density at radius 1 is 1.17 bits per heavy atom. The number of Topliss-reactive ketones (excluding diaryl/α,β-unsaturated/α-hetero) is 1. The molecule has 0 aromatic heterocycles. The van der Waals surface area contributed by atoms with Crippen LogP contribution in [0.25, 0.3) is 0 Å². The van der Waals surface area contributed by atoms with Crippen molar-refractivity contribution in [2.75, 3.05) is 19.8 Å². The minimum absolute atomic E-state index is 0.145. The van der Waals surface area contributed by atoms with Crippen LogP contribution in [0.5, 0.6) is 0 Å². The fourth-order valence-corrected chi connectivity index (χ4v) is 3.30. The predicted octanol–water partition coefficient (Wildman–Crippen LogP) is 3.35. The van der Waals surface area contributed by atoms with E-state index in [9.17, 15) is 14.4 Å². The SMILES string of the molecule is CCOC(=O)[C@H]1C(=O)CN(C(=O)OC(C)(C)C)[C@@H]1CCCOCc1ccccc1. The highest BCUT2D eigenvalue weighted by Gasteiger charge is 2.48. The van der Waals surface area contributed by atoms with Crippen molar-refractivity contribution in [2.24, 2.45) is 5.92 Å². The van der Waals surface area contributed by atoms with Crippen molar-refractivity contribution < 1.29 is 28.6 Å². The smallest absolute Gasteiger partial charge is 0.410 e. The molecule has 2 atom stereocenters. The van der Waals surface area contributed by atoms with Crippen LogP contribution in [0.2, 0.25) is 0 Å². The van der Waals surface area contributed by atoms with E-state index in [0.29, 0.717) is 26.1 Å². The summed E-state index contributed by atoms with van der Waals surface area (Å²) < 4.78 is 16.2. The van der Waals surface area contributed by atoms with Gasteiger partial charge in [-0.3, -0.25) is 14.5 Å². The largest absolute Gasteiger partial charge is 0.465 e. The van der Waals surface area contributed by atoms with Gasteiger partial charge in [0.1, 0.15) is 11.5 Å². The number of rotatable bonds is 8. The molecule has 1 amide bonds. The lowest BCUT2D eigenvalue weighted by Crippen LogP contribution is -2.43. The van der Waals surface area contributed by atoms with E-state index >= 15 is 0 Å². The number of nitrogens with zero attached hydrogens (tertiary/aromatic N) is 1. The first-order valence-electron chi connectivity index (χ1n) is 10.0. The maximum Gasteiger partial charge on any atom is 0.410 e. The summed E-state index contributed by atoms with van der Waals surface area (Å²) >= 11 is 0. The lowest BCUT2D eigenvalue weighted by molar-refractivity contribution is -0.151. The van der Waals surface area contributed by atoms with Crippen LogP contribution < -0.4 is 0 Å². The van der Waals surface area contributed by atoms with Gasteiger partial charge in [-0.2, -0.15) is 0 Å². The van der Waals surface area contributed by atoms with Gasteiger partial charge in [0, 0.05) is 6.61 Å². The minimum atomic E-state index is -0.975. The molecule has 29 heavy (non-hydrogen) atoms. The Morgan fingerprint density at radius 3 is 2.48 bits per heavy atom. The third-order valence-electron chi connectivity index (χ3n) is 4.53. The van der Waals surface area contributed by atoms with Gasteiger partial charge < -0.3 is 14.2 Å². The second-order valence-electron chi connectivity index (χ2n) is 8.05. The molecule has 1 saturated heterocycles. The number of ketones is 1. The fourth-order valence-electron chi connectivity index (χ4n) is 3.30. The summed E-state index contributed by atoms with van der Waals surface area (Å²) in [6.07, 6.45) is 0.455. The number of carbonyl (C=O) groups is 3. The molecule has 1 aliphatic heterocycles. The maximum absolute atomic E-state index is 12.6. The summed E-state index contributed by atoms with van der Waals surface area (Å²) in [4.78, 5) is 38.8. The van der Waals surface area contributed by atoms with Crippen LogP contribution in [0.4, 0.5) is 4.79 Å². The zero-order valence-electron chi connectivity index (χ0n) is 17.7. The highest BCUT2D eigenvalue weighted by molar-refractivity contribution is 6.04. The molecule has 1 aromatic rings. The highest BCUT2D eigenvalue weighted by Crippen LogP contribution is 2.28. The van der Waals surface area contributed by atoms with Crippen molar-refractivity contribution in [3.8, 4) is 0 Å². The molecule has 0 radical (unpaired) electrons. The van der Waals surface area contributed by atoms with Crippen molar-refractivity contribution in [1.29, 1.82) is 0 Å². The number of carbonyl (C=O) groups excluding carboxylic acids is 3. The summed E-state index contributed by atoms with van der Waals surface area (Å²) in [6.45, 7) is 7.96. The van der Waals surface area contributed by atoms with E-state index < -0.39 is 29.6 Å². The summed E-state index contributed by atoms with van der Waals surface area (Å²) in [5.41, 5.74) is 0.384. The molecule has 0 N–H and O–H groups in total. The highest BCUT2D eigenvalue weighted by atomic mass is 16.6. The molecular weight excluding hydrogens is 374 g/mol. The number of esters is 1. The standard InChI is InChI=1S/C22H31NO6/c1-5-28-20(25)19-17(12-9-13-27-15-16-10-7-6-8-11-16)23(14-18(19)24)21(26)29-22(2,3)4/h6-8,10-11,17,19H,5,9,12-15H2,1-4H3/t17-,19-/m1/s1. The van der Waals surface area contributed by atoms with Crippen LogP contribution in [0, 0.1) is 5.92 Å². The van der Waals surface area contributed by atoms with E-state index in [2.05, 4.69) is 0 Å². The molecule has 1 aromatic carbocycles. The monoisotopic (exact) mass is 405 g/mol. The normalized spacial score (nSPS) is 19.3. The van der Waals surface area contributed by atoms with Gasteiger partial charge in [0.25, 0.3) is 0 Å². The van der Waals surface area contributed by atoms with Gasteiger partial charge in [0.2, 0.25) is 0 Å². The fraction of sp³-hybridized carbons (Fsp3) is 0.591. The van der Waals surface area contributed by atoms with Crippen LogP contribution in [0.1, 0.15) is 46.1 Å². The van der Waals surface area contributed by atoms with Gasteiger partial charge in [-0.25, -0.2) is 4.79 Å². The number of likely N-dealkylation sites (tertiary alicyclic amines) is 1. The van der Waals surface area contributed by atoms with E-state index in [-0.39, 0.29) is 18.9 Å². The molecular formula is C22H31NO6.